The summed E-state index contributed by atoms with van der Waals surface area (Å²) in [4.78, 5) is 42.1. The van der Waals surface area contributed by atoms with Crippen molar-refractivity contribution >= 4 is 23.5 Å². The molecule has 0 N–H and O–H groups in total. The van der Waals surface area contributed by atoms with Gasteiger partial charge in [-0.15, -0.1) is 0 Å². The molecule has 0 spiro atoms. The number of amides is 4. The van der Waals surface area contributed by atoms with Crippen LogP contribution in [0.3, 0.4) is 0 Å². The van der Waals surface area contributed by atoms with Crippen LogP contribution in [-0.2, 0) is 9.59 Å². The monoisotopic (exact) mass is 368 g/mol. The number of rotatable bonds is 4. The lowest BCUT2D eigenvalue weighted by Crippen LogP contribution is -2.53. The van der Waals surface area contributed by atoms with E-state index >= 15 is 0 Å². The number of anilines is 1. The minimum Gasteiger partial charge on any atom is -0.325 e. The van der Waals surface area contributed by atoms with Gasteiger partial charge in [0.15, 0.2) is 0 Å². The number of para-hydroxylation sites is 1. The van der Waals surface area contributed by atoms with Gasteiger partial charge in [0.1, 0.15) is 18.1 Å². The number of hydrogen-bond acceptors (Lipinski definition) is 4. The SMILES string of the molecule is CC1C(=O)N(CC(=O)N(C)C2(C#N)CCCCC2)C(=O)N1c1ccccc1. The van der Waals surface area contributed by atoms with Crippen molar-refractivity contribution in [2.24, 2.45) is 0 Å². The molecule has 1 atom stereocenters. The summed E-state index contributed by atoms with van der Waals surface area (Å²) in [5.41, 5.74) is -0.223. The van der Waals surface area contributed by atoms with E-state index in [9.17, 15) is 19.6 Å². The Balaban J connectivity index is 1.77. The lowest BCUT2D eigenvalue weighted by molar-refractivity contribution is -0.139. The molecule has 1 aliphatic heterocycles. The second-order valence-corrected chi connectivity index (χ2v) is 7.25. The Hall–Kier alpha value is -2.88. The number of carbonyl (C=O) groups excluding carboxylic acids is 3. The Bertz CT molecular complexity index is 780. The van der Waals surface area contributed by atoms with Crippen LogP contribution in [0, 0.1) is 11.3 Å². The van der Waals surface area contributed by atoms with Gasteiger partial charge in [-0.2, -0.15) is 5.26 Å². The normalized spacial score (nSPS) is 21.9. The summed E-state index contributed by atoms with van der Waals surface area (Å²) in [6.07, 6.45) is 4.09. The van der Waals surface area contributed by atoms with Crippen LogP contribution in [-0.4, -0.2) is 52.8 Å². The number of hydrogen-bond donors (Lipinski definition) is 0. The van der Waals surface area contributed by atoms with Crippen molar-refractivity contribution in [3.8, 4) is 6.07 Å². The number of nitrogens with zero attached hydrogens (tertiary/aromatic N) is 4. The van der Waals surface area contributed by atoms with Gasteiger partial charge in [0.05, 0.1) is 6.07 Å². The molecule has 2 aliphatic rings. The van der Waals surface area contributed by atoms with Gasteiger partial charge in [-0.25, -0.2) is 4.79 Å². The maximum atomic E-state index is 12.8. The van der Waals surface area contributed by atoms with Crippen LogP contribution < -0.4 is 4.90 Å². The van der Waals surface area contributed by atoms with Gasteiger partial charge in [0.2, 0.25) is 5.91 Å². The van der Waals surface area contributed by atoms with Crippen molar-refractivity contribution in [1.82, 2.24) is 9.80 Å². The Morgan fingerprint density at radius 3 is 2.44 bits per heavy atom. The fourth-order valence-electron chi connectivity index (χ4n) is 3.93. The summed E-state index contributed by atoms with van der Waals surface area (Å²) < 4.78 is 0. The highest BCUT2D eigenvalue weighted by atomic mass is 16.2. The molecule has 1 aromatic rings. The van der Waals surface area contributed by atoms with E-state index in [1.165, 1.54) is 9.80 Å². The lowest BCUT2D eigenvalue weighted by atomic mass is 9.81. The van der Waals surface area contributed by atoms with Gasteiger partial charge in [-0.3, -0.25) is 19.4 Å². The molecular weight excluding hydrogens is 344 g/mol. The van der Waals surface area contributed by atoms with Crippen molar-refractivity contribution in [1.29, 1.82) is 5.26 Å². The molecule has 0 aromatic heterocycles. The minimum absolute atomic E-state index is 0.342. The standard InChI is InChI=1S/C20H24N4O3/c1-15-18(26)23(19(27)24(15)16-9-5-3-6-10-16)13-17(25)22(2)20(14-21)11-7-4-8-12-20/h3,5-6,9-10,15H,4,7-8,11-13H2,1-2H3. The van der Waals surface area contributed by atoms with E-state index in [-0.39, 0.29) is 12.5 Å². The molecule has 4 amide bonds. The summed E-state index contributed by atoms with van der Waals surface area (Å²) in [6.45, 7) is 1.31. The van der Waals surface area contributed by atoms with E-state index < -0.39 is 23.5 Å². The van der Waals surface area contributed by atoms with Crippen molar-refractivity contribution in [2.45, 2.75) is 50.6 Å². The second-order valence-electron chi connectivity index (χ2n) is 7.25. The third kappa shape index (κ3) is 3.27. The zero-order chi connectivity index (χ0) is 19.6. The number of urea groups is 1. The topological polar surface area (TPSA) is 84.7 Å². The summed E-state index contributed by atoms with van der Waals surface area (Å²) >= 11 is 0. The lowest BCUT2D eigenvalue weighted by Gasteiger charge is -2.39. The largest absolute Gasteiger partial charge is 0.332 e. The molecule has 1 aliphatic carbocycles. The highest BCUT2D eigenvalue weighted by molar-refractivity contribution is 6.15. The molecule has 1 saturated carbocycles. The first kappa shape index (κ1) is 18.9. The van der Waals surface area contributed by atoms with E-state index in [4.69, 9.17) is 0 Å². The predicted octanol–water partition coefficient (Wildman–Crippen LogP) is 2.53. The van der Waals surface area contributed by atoms with E-state index in [0.29, 0.717) is 18.5 Å². The summed E-state index contributed by atoms with van der Waals surface area (Å²) in [5, 5.41) is 9.66. The van der Waals surface area contributed by atoms with Crippen molar-refractivity contribution < 1.29 is 14.4 Å². The molecule has 7 heteroatoms. The van der Waals surface area contributed by atoms with E-state index in [1.54, 1.807) is 38.2 Å². The third-order valence-corrected chi connectivity index (χ3v) is 5.68. The number of nitriles is 1. The summed E-state index contributed by atoms with van der Waals surface area (Å²) in [5.74, 6) is -0.789. The molecule has 1 aromatic carbocycles. The zero-order valence-corrected chi connectivity index (χ0v) is 15.7. The maximum Gasteiger partial charge on any atom is 0.332 e. The molecular formula is C20H24N4O3. The summed E-state index contributed by atoms with van der Waals surface area (Å²) in [6, 6.07) is 10.1. The molecule has 1 unspecified atom stereocenters. The van der Waals surface area contributed by atoms with Gasteiger partial charge in [0.25, 0.3) is 5.91 Å². The smallest absolute Gasteiger partial charge is 0.325 e. The van der Waals surface area contributed by atoms with Crippen LogP contribution in [0.5, 0.6) is 0 Å². The average molecular weight is 368 g/mol. The first-order chi connectivity index (χ1) is 12.9. The van der Waals surface area contributed by atoms with Crippen LogP contribution >= 0.6 is 0 Å². The van der Waals surface area contributed by atoms with Crippen molar-refractivity contribution in [2.75, 3.05) is 18.5 Å². The van der Waals surface area contributed by atoms with Gasteiger partial charge in [-0.05, 0) is 31.9 Å². The molecule has 1 saturated heterocycles. The highest BCUT2D eigenvalue weighted by Gasteiger charge is 2.46. The van der Waals surface area contributed by atoms with E-state index in [1.807, 2.05) is 6.07 Å². The number of imide groups is 1. The molecule has 0 bridgehead atoms. The van der Waals surface area contributed by atoms with Crippen LogP contribution in [0.1, 0.15) is 39.0 Å². The third-order valence-electron chi connectivity index (χ3n) is 5.68. The van der Waals surface area contributed by atoms with Gasteiger partial charge in [-0.1, -0.05) is 37.5 Å². The Morgan fingerprint density at radius 1 is 1.22 bits per heavy atom. The molecule has 7 nitrogen and oxygen atoms in total. The fourth-order valence-corrected chi connectivity index (χ4v) is 3.93. The Kier molecular flexibility index (Phi) is 5.17. The van der Waals surface area contributed by atoms with Crippen LogP contribution in [0.15, 0.2) is 30.3 Å². The summed E-state index contributed by atoms with van der Waals surface area (Å²) in [7, 11) is 1.60. The minimum atomic E-state index is -0.841. The van der Waals surface area contributed by atoms with Gasteiger partial charge < -0.3 is 4.90 Å². The van der Waals surface area contributed by atoms with Crippen molar-refractivity contribution in [3.05, 3.63) is 30.3 Å². The van der Waals surface area contributed by atoms with Crippen LogP contribution in [0.25, 0.3) is 0 Å². The van der Waals surface area contributed by atoms with E-state index in [2.05, 4.69) is 6.07 Å². The maximum absolute atomic E-state index is 12.8. The molecule has 3 rings (SSSR count). The first-order valence-electron chi connectivity index (χ1n) is 9.29. The van der Waals surface area contributed by atoms with Crippen molar-refractivity contribution in [3.63, 3.8) is 0 Å². The number of likely N-dealkylation sites (N-methyl/N-ethyl adjacent to an activating group) is 1. The second kappa shape index (κ2) is 7.39. The molecule has 2 fully saturated rings. The highest BCUT2D eigenvalue weighted by Crippen LogP contribution is 2.33. The predicted molar refractivity (Wildman–Crippen MR) is 99.7 cm³/mol. The molecule has 142 valence electrons. The Morgan fingerprint density at radius 2 is 1.85 bits per heavy atom. The van der Waals surface area contributed by atoms with Gasteiger partial charge in [0, 0.05) is 12.7 Å². The number of carbonyl (C=O) groups is 3. The van der Waals surface area contributed by atoms with E-state index in [0.717, 1.165) is 24.2 Å². The fraction of sp³-hybridized carbons (Fsp3) is 0.500. The molecule has 1 heterocycles. The Labute approximate surface area is 159 Å². The van der Waals surface area contributed by atoms with Crippen LogP contribution in [0.2, 0.25) is 0 Å². The quantitative estimate of drug-likeness (QED) is 0.765. The zero-order valence-electron chi connectivity index (χ0n) is 15.7. The van der Waals surface area contributed by atoms with Crippen LogP contribution in [0.4, 0.5) is 10.5 Å². The van der Waals surface area contributed by atoms with Gasteiger partial charge >= 0.3 is 6.03 Å². The number of benzene rings is 1. The molecule has 27 heavy (non-hydrogen) atoms. The average Bonchev–Trinajstić information content (AvgIpc) is 2.91. The first-order valence-corrected chi connectivity index (χ1v) is 9.29. The molecule has 0 radical (unpaired) electrons.